The molecule has 0 atom stereocenters. The van der Waals surface area contributed by atoms with E-state index in [1.807, 2.05) is 13.8 Å². The van der Waals surface area contributed by atoms with Gasteiger partial charge >= 0.3 is 5.76 Å². The lowest BCUT2D eigenvalue weighted by atomic mass is 10.4. The van der Waals surface area contributed by atoms with Crippen LogP contribution in [0.25, 0.3) is 0 Å². The van der Waals surface area contributed by atoms with Gasteiger partial charge in [0.25, 0.3) is 10.0 Å². The molecule has 1 saturated heterocycles. The first-order valence-corrected chi connectivity index (χ1v) is 5.82. The van der Waals surface area contributed by atoms with E-state index in [1.54, 1.807) is 0 Å². The Labute approximate surface area is 83.3 Å². The van der Waals surface area contributed by atoms with Gasteiger partial charge < -0.3 is 5.48 Å². The van der Waals surface area contributed by atoms with Gasteiger partial charge in [-0.05, 0) is 12.8 Å². The van der Waals surface area contributed by atoms with Gasteiger partial charge in [-0.2, -0.15) is 13.1 Å². The average Bonchev–Trinajstić information content (AvgIpc) is 2.60. The first-order chi connectivity index (χ1) is 6.05. The van der Waals surface area contributed by atoms with Crippen molar-refractivity contribution >= 4 is 10.0 Å². The largest absolute Gasteiger partial charge is 0.412 e. The smallest absolute Gasteiger partial charge is 0.350 e. The molecule has 14 heavy (non-hydrogen) atoms. The molecule has 0 unspecified atom stereocenters. The van der Waals surface area contributed by atoms with Gasteiger partial charge in [0.15, 0.2) is 0 Å². The lowest BCUT2D eigenvalue weighted by molar-refractivity contribution is 0.222. The molecular weight excluding hydrogens is 216 g/mol. The van der Waals surface area contributed by atoms with Crippen LogP contribution in [0.15, 0.2) is 0 Å². The second kappa shape index (κ2) is 7.08. The highest BCUT2D eigenvalue weighted by atomic mass is 32.2. The van der Waals surface area contributed by atoms with E-state index in [2.05, 4.69) is 0 Å². The fraction of sp³-hybridized carbons (Fsp3) is 1.00. The van der Waals surface area contributed by atoms with Crippen molar-refractivity contribution in [1.29, 1.82) is 0 Å². The molecule has 0 aliphatic carbocycles. The summed E-state index contributed by atoms with van der Waals surface area (Å²) in [6, 6.07) is 0. The van der Waals surface area contributed by atoms with Crippen molar-refractivity contribution in [1.82, 2.24) is 4.31 Å². The van der Waals surface area contributed by atoms with E-state index in [-0.39, 0.29) is 18.6 Å². The first kappa shape index (κ1) is 16.2. The fourth-order valence-corrected chi connectivity index (χ4v) is 2.05. The van der Waals surface area contributed by atoms with Crippen molar-refractivity contribution in [3.8, 4) is 0 Å². The van der Waals surface area contributed by atoms with Gasteiger partial charge in [0, 0.05) is 13.1 Å². The summed E-state index contributed by atoms with van der Waals surface area (Å²) in [5.74, 6) is -3.26. The Kier molecular flexibility index (Phi) is 8.18. The molecule has 0 spiro atoms. The van der Waals surface area contributed by atoms with Gasteiger partial charge in [0.2, 0.25) is 0 Å². The van der Waals surface area contributed by atoms with Crippen LogP contribution >= 0.6 is 0 Å². The molecule has 1 fully saturated rings. The molecule has 0 bridgehead atoms. The first-order valence-electron chi connectivity index (χ1n) is 4.32. The summed E-state index contributed by atoms with van der Waals surface area (Å²) in [5, 5.41) is 0. The number of alkyl halides is 2. The van der Waals surface area contributed by atoms with Crippen LogP contribution in [0.1, 0.15) is 26.7 Å². The van der Waals surface area contributed by atoms with Crippen molar-refractivity contribution in [2.45, 2.75) is 32.4 Å². The van der Waals surface area contributed by atoms with Gasteiger partial charge in [-0.15, -0.1) is 0 Å². The van der Waals surface area contributed by atoms with E-state index >= 15 is 0 Å². The van der Waals surface area contributed by atoms with Crippen LogP contribution < -0.4 is 0 Å². The molecule has 0 radical (unpaired) electrons. The van der Waals surface area contributed by atoms with E-state index in [1.165, 1.54) is 0 Å². The Hall–Kier alpha value is -0.270. The summed E-state index contributed by atoms with van der Waals surface area (Å²) in [5.41, 5.74) is 0. The highest BCUT2D eigenvalue weighted by molar-refractivity contribution is 7.89. The molecule has 1 aliphatic heterocycles. The number of nitrogens with zero attached hydrogens (tertiary/aromatic N) is 1. The van der Waals surface area contributed by atoms with E-state index in [0.29, 0.717) is 12.8 Å². The highest BCUT2D eigenvalue weighted by Gasteiger charge is 2.33. The normalized spacial score (nSPS) is 17.2. The number of halogens is 2. The summed E-state index contributed by atoms with van der Waals surface area (Å²) >= 11 is 0. The molecule has 4 nitrogen and oxygen atoms in total. The Bertz CT molecular complexity index is 225. The maximum atomic E-state index is 11.8. The molecule has 0 aromatic carbocycles. The summed E-state index contributed by atoms with van der Waals surface area (Å²) < 4.78 is 45.9. The average molecular weight is 233 g/mol. The minimum absolute atomic E-state index is 0. The molecule has 1 heterocycles. The highest BCUT2D eigenvalue weighted by Crippen LogP contribution is 2.17. The quantitative estimate of drug-likeness (QED) is 0.709. The second-order valence-corrected chi connectivity index (χ2v) is 4.31. The van der Waals surface area contributed by atoms with Gasteiger partial charge in [0.05, 0.1) is 0 Å². The van der Waals surface area contributed by atoms with Gasteiger partial charge in [-0.1, -0.05) is 13.8 Å². The van der Waals surface area contributed by atoms with Crippen molar-refractivity contribution in [3.63, 3.8) is 0 Å². The number of hydrogen-bond acceptors (Lipinski definition) is 2. The van der Waals surface area contributed by atoms with E-state index in [4.69, 9.17) is 0 Å². The summed E-state index contributed by atoms with van der Waals surface area (Å²) in [7, 11) is -4.28. The zero-order chi connectivity index (χ0) is 10.5. The molecular formula is C7H17F2NO3S. The molecule has 88 valence electrons. The third kappa shape index (κ3) is 3.85. The van der Waals surface area contributed by atoms with Crippen molar-refractivity contribution in [3.05, 3.63) is 0 Å². The van der Waals surface area contributed by atoms with Gasteiger partial charge in [0.1, 0.15) is 0 Å². The molecule has 0 aromatic rings. The minimum Gasteiger partial charge on any atom is -0.412 e. The van der Waals surface area contributed by atoms with Crippen molar-refractivity contribution < 1.29 is 22.7 Å². The number of hydrogen-bond donors (Lipinski definition) is 0. The van der Waals surface area contributed by atoms with Crippen LogP contribution in [0, 0.1) is 0 Å². The summed E-state index contributed by atoms with van der Waals surface area (Å²) in [4.78, 5) is 0. The second-order valence-electron chi connectivity index (χ2n) is 2.41. The SMILES string of the molecule is CC.O.O=S(=O)(C(F)F)N1CCCC1. The topological polar surface area (TPSA) is 68.9 Å². The third-order valence-electron chi connectivity index (χ3n) is 1.65. The molecule has 0 saturated carbocycles. The molecule has 1 aliphatic rings. The van der Waals surface area contributed by atoms with Crippen LogP contribution in [0.3, 0.4) is 0 Å². The maximum Gasteiger partial charge on any atom is 0.350 e. The maximum absolute atomic E-state index is 11.8. The predicted molar refractivity (Wildman–Crippen MR) is 50.7 cm³/mol. The van der Waals surface area contributed by atoms with Crippen LogP contribution in [0.4, 0.5) is 8.78 Å². The van der Waals surface area contributed by atoms with E-state index in [9.17, 15) is 17.2 Å². The Morgan fingerprint density at radius 1 is 1.14 bits per heavy atom. The van der Waals surface area contributed by atoms with Crippen LogP contribution in [0.2, 0.25) is 0 Å². The van der Waals surface area contributed by atoms with Crippen LogP contribution in [-0.4, -0.2) is 37.0 Å². The summed E-state index contributed by atoms with van der Waals surface area (Å²) in [6.07, 6.45) is 1.37. The van der Waals surface area contributed by atoms with Crippen LogP contribution in [0.5, 0.6) is 0 Å². The Balaban J connectivity index is 0. The van der Waals surface area contributed by atoms with E-state index < -0.39 is 15.8 Å². The fourth-order valence-electron chi connectivity index (χ4n) is 1.06. The molecule has 0 aromatic heterocycles. The zero-order valence-corrected chi connectivity index (χ0v) is 9.15. The number of sulfonamides is 1. The minimum atomic E-state index is -4.28. The molecule has 2 N–H and O–H groups in total. The van der Waals surface area contributed by atoms with Gasteiger partial charge in [-0.3, -0.25) is 0 Å². The third-order valence-corrected chi connectivity index (χ3v) is 3.19. The molecule has 7 heteroatoms. The Morgan fingerprint density at radius 2 is 1.50 bits per heavy atom. The lowest BCUT2D eigenvalue weighted by Crippen LogP contribution is -2.32. The monoisotopic (exact) mass is 233 g/mol. The van der Waals surface area contributed by atoms with E-state index in [0.717, 1.165) is 4.31 Å². The standard InChI is InChI=1S/C5H9F2NO2S.C2H6.H2O/c6-5(7)11(9,10)8-3-1-2-4-8;1-2;/h5H,1-4H2;1-2H3;1H2. The molecule has 0 amide bonds. The Morgan fingerprint density at radius 3 is 1.79 bits per heavy atom. The zero-order valence-electron chi connectivity index (χ0n) is 8.33. The lowest BCUT2D eigenvalue weighted by Gasteiger charge is -2.13. The van der Waals surface area contributed by atoms with Crippen molar-refractivity contribution in [2.75, 3.05) is 13.1 Å². The molecule has 1 rings (SSSR count). The van der Waals surface area contributed by atoms with Gasteiger partial charge in [-0.25, -0.2) is 8.42 Å². The summed E-state index contributed by atoms with van der Waals surface area (Å²) in [6.45, 7) is 4.49. The predicted octanol–water partition coefficient (Wildman–Crippen LogP) is 0.836. The number of rotatable bonds is 2. The van der Waals surface area contributed by atoms with Crippen LogP contribution in [-0.2, 0) is 10.0 Å². The van der Waals surface area contributed by atoms with Crippen molar-refractivity contribution in [2.24, 2.45) is 0 Å².